The average molecular weight is 588 g/mol. The van der Waals surface area contributed by atoms with Crippen LogP contribution in [0.3, 0.4) is 0 Å². The first-order valence-electron chi connectivity index (χ1n) is 13.9. The maximum Gasteiger partial charge on any atom is 0.230 e. The van der Waals surface area contributed by atoms with Crippen LogP contribution in [0.25, 0.3) is 0 Å². The van der Waals surface area contributed by atoms with Gasteiger partial charge in [0.2, 0.25) is 5.91 Å². The van der Waals surface area contributed by atoms with Crippen LogP contribution in [0.15, 0.2) is 36.4 Å². The number of phenols is 1. The maximum atomic E-state index is 15.0. The fraction of sp³-hybridized carbons (Fsp3) is 0.516. The lowest BCUT2D eigenvalue weighted by Gasteiger charge is -2.69. The second-order valence-corrected chi connectivity index (χ2v) is 12.8. The molecule has 42 heavy (non-hydrogen) atoms. The van der Waals surface area contributed by atoms with Crippen molar-refractivity contribution >= 4 is 17.5 Å². The van der Waals surface area contributed by atoms with Crippen LogP contribution in [-0.4, -0.2) is 66.9 Å². The number of fused-ring (bicyclic) bond motifs is 3. The van der Waals surface area contributed by atoms with Gasteiger partial charge >= 0.3 is 0 Å². The number of carbonyl (C=O) groups is 3. The third-order valence-corrected chi connectivity index (χ3v) is 10.6. The number of halogens is 2. The van der Waals surface area contributed by atoms with Gasteiger partial charge in [-0.2, -0.15) is 0 Å². The van der Waals surface area contributed by atoms with Crippen LogP contribution in [0, 0.1) is 46.1 Å². The second kappa shape index (κ2) is 9.63. The number of rotatable bonds is 4. The van der Waals surface area contributed by atoms with E-state index < -0.39 is 99.2 Å². The van der Waals surface area contributed by atoms with Gasteiger partial charge in [0.05, 0.1) is 23.7 Å². The number of phenolic OH excluding ortho intramolecular Hbond substituents is 1. The number of hydrogen-bond acceptors (Lipinski definition) is 8. The van der Waals surface area contributed by atoms with Crippen molar-refractivity contribution in [3.8, 4) is 5.75 Å². The van der Waals surface area contributed by atoms with E-state index in [0.29, 0.717) is 6.07 Å². The number of Topliss-reactive ketones (excluding diaryl/α,β-unsaturated/α-hetero) is 2. The van der Waals surface area contributed by atoms with Crippen LogP contribution in [0.2, 0.25) is 0 Å². The predicted octanol–water partition coefficient (Wildman–Crippen LogP) is 1.61. The maximum absolute atomic E-state index is 15.0. The molecule has 5 rings (SSSR count). The van der Waals surface area contributed by atoms with Crippen molar-refractivity contribution in [1.29, 1.82) is 0 Å². The Bertz CT molecular complexity index is 1500. The van der Waals surface area contributed by atoms with Gasteiger partial charge in [-0.25, -0.2) is 8.78 Å². The number of primary amides is 1. The molecule has 0 aliphatic heterocycles. The third-order valence-electron chi connectivity index (χ3n) is 10.6. The molecule has 9 nitrogen and oxygen atoms in total. The Hall–Kier alpha value is -3.25. The van der Waals surface area contributed by atoms with Gasteiger partial charge in [-0.15, -0.1) is 0 Å². The van der Waals surface area contributed by atoms with E-state index in [0.717, 1.165) is 6.07 Å². The first-order valence-corrected chi connectivity index (χ1v) is 13.9. The fourth-order valence-electron chi connectivity index (χ4n) is 8.79. The van der Waals surface area contributed by atoms with E-state index in [9.17, 15) is 44.3 Å². The highest BCUT2D eigenvalue weighted by Crippen LogP contribution is 2.68. The van der Waals surface area contributed by atoms with Crippen LogP contribution in [-0.2, 0) is 16.0 Å². The number of aromatic hydroxyl groups is 1. The molecule has 0 heterocycles. The van der Waals surface area contributed by atoms with Gasteiger partial charge < -0.3 is 31.3 Å². The van der Waals surface area contributed by atoms with Crippen molar-refractivity contribution in [1.82, 2.24) is 0 Å². The van der Waals surface area contributed by atoms with Gasteiger partial charge in [0.15, 0.2) is 17.2 Å². The van der Waals surface area contributed by atoms with Crippen LogP contribution < -0.4 is 5.73 Å². The zero-order chi connectivity index (χ0) is 31.3. The zero-order valence-corrected chi connectivity index (χ0v) is 23.6. The molecule has 2 aromatic rings. The first-order chi connectivity index (χ1) is 19.5. The molecule has 2 aromatic carbocycles. The topological polar surface area (TPSA) is 178 Å². The second-order valence-electron chi connectivity index (χ2n) is 12.8. The molecule has 2 saturated carbocycles. The highest BCUT2D eigenvalue weighted by Gasteiger charge is 2.80. The minimum absolute atomic E-state index is 0.0200. The van der Waals surface area contributed by atoms with Gasteiger partial charge in [-0.05, 0) is 47.4 Å². The minimum atomic E-state index is -2.94. The largest absolute Gasteiger partial charge is 0.507 e. The van der Waals surface area contributed by atoms with Gasteiger partial charge in [-0.1, -0.05) is 45.9 Å². The summed E-state index contributed by atoms with van der Waals surface area (Å²) in [6.45, 7) is 6.09. The smallest absolute Gasteiger partial charge is 0.230 e. The Balaban J connectivity index is 1.83. The van der Waals surface area contributed by atoms with E-state index in [2.05, 4.69) is 0 Å². The summed E-state index contributed by atoms with van der Waals surface area (Å²) in [5.74, 6) is -12.1. The molecule has 0 saturated heterocycles. The first kappa shape index (κ1) is 30.2. The van der Waals surface area contributed by atoms with E-state index in [1.165, 1.54) is 38.1 Å². The van der Waals surface area contributed by atoms with E-state index in [1.807, 2.05) is 0 Å². The standard InChI is InChI=1S/C31H35F2NO8/c1-12(2)21-24(37)20(27(34)40)25(38)31(42)26(39)22-23(36)19-15(6-5-7-18(19)35)16(29(22,3)28(41)30(21,31)4)10-13-8-9-14(32)11-17(13)33/h5-9,11-12,16,20-22,24,26,28,35,37,39,41-42H,10H2,1-4H3,(H2,34,40)/t16-,20-,21+,22-,24?,26?,28-,29+,30+,31+/m1/s1. The summed E-state index contributed by atoms with van der Waals surface area (Å²) in [7, 11) is 0. The zero-order valence-electron chi connectivity index (χ0n) is 23.6. The highest BCUT2D eigenvalue weighted by atomic mass is 19.1. The lowest BCUT2D eigenvalue weighted by Crippen LogP contribution is -2.83. The summed E-state index contributed by atoms with van der Waals surface area (Å²) >= 11 is 0. The Morgan fingerprint density at radius 3 is 2.29 bits per heavy atom. The Labute approximate surface area is 241 Å². The molecule has 0 spiro atoms. The molecule has 0 radical (unpaired) electrons. The monoisotopic (exact) mass is 587 g/mol. The van der Waals surface area contributed by atoms with Crippen molar-refractivity contribution in [2.24, 2.45) is 40.2 Å². The number of hydrogen-bond donors (Lipinski definition) is 6. The molecule has 1 amide bonds. The summed E-state index contributed by atoms with van der Waals surface area (Å²) in [6, 6.07) is 7.18. The number of benzene rings is 2. The van der Waals surface area contributed by atoms with Crippen LogP contribution >= 0.6 is 0 Å². The molecule has 7 N–H and O–H groups in total. The van der Waals surface area contributed by atoms with E-state index >= 15 is 4.39 Å². The molecule has 226 valence electrons. The van der Waals surface area contributed by atoms with Crippen LogP contribution in [0.5, 0.6) is 5.75 Å². The number of carbonyl (C=O) groups excluding carboxylic acids is 3. The summed E-state index contributed by atoms with van der Waals surface area (Å²) in [5, 5.41) is 58.8. The molecule has 2 unspecified atom stereocenters. The molecule has 10 atom stereocenters. The average Bonchev–Trinajstić information content (AvgIpc) is 2.89. The Morgan fingerprint density at radius 2 is 1.71 bits per heavy atom. The van der Waals surface area contributed by atoms with Crippen LogP contribution in [0.4, 0.5) is 8.78 Å². The molecule has 0 aromatic heterocycles. The summed E-state index contributed by atoms with van der Waals surface area (Å²) in [5.41, 5.74) is -1.25. The third kappa shape index (κ3) is 3.57. The fourth-order valence-corrected chi connectivity index (χ4v) is 8.79. The molecule has 11 heteroatoms. The predicted molar refractivity (Wildman–Crippen MR) is 144 cm³/mol. The summed E-state index contributed by atoms with van der Waals surface area (Å²) in [4.78, 5) is 40.4. The van der Waals surface area contributed by atoms with Crippen molar-refractivity contribution < 1.29 is 48.7 Å². The lowest BCUT2D eigenvalue weighted by atomic mass is 9.36. The van der Waals surface area contributed by atoms with E-state index in [-0.39, 0.29) is 23.1 Å². The normalized spacial score (nSPS) is 39.5. The number of aliphatic hydroxyl groups is 4. The van der Waals surface area contributed by atoms with Gasteiger partial charge in [-0.3, -0.25) is 14.4 Å². The Morgan fingerprint density at radius 1 is 1.07 bits per heavy atom. The molecule has 3 aliphatic carbocycles. The SMILES string of the molecule is CC(C)[C@H]1C(O)[C@@H](C(N)=O)C(=O)[C@]2(O)C(O)[C@H]3C(=O)c4c(O)cccc4[C@@H](Cc4ccc(F)cc4F)[C@]3(C)[C@@H](O)[C@]12C. The number of ketones is 2. The molecule has 0 bridgehead atoms. The van der Waals surface area contributed by atoms with E-state index in [1.54, 1.807) is 13.8 Å². The molecular weight excluding hydrogens is 552 g/mol. The minimum Gasteiger partial charge on any atom is -0.507 e. The van der Waals surface area contributed by atoms with Gasteiger partial charge in [0.1, 0.15) is 29.4 Å². The Kier molecular flexibility index (Phi) is 6.93. The molecular formula is C31H35F2NO8. The van der Waals surface area contributed by atoms with Crippen LogP contribution in [0.1, 0.15) is 55.1 Å². The number of amides is 1. The quantitative estimate of drug-likeness (QED) is 0.292. The van der Waals surface area contributed by atoms with Crippen molar-refractivity contribution in [3.63, 3.8) is 0 Å². The van der Waals surface area contributed by atoms with Gasteiger partial charge in [0, 0.05) is 16.9 Å². The van der Waals surface area contributed by atoms with Crippen molar-refractivity contribution in [2.75, 3.05) is 0 Å². The highest BCUT2D eigenvalue weighted by molar-refractivity contribution is 6.09. The van der Waals surface area contributed by atoms with Gasteiger partial charge in [0.25, 0.3) is 0 Å². The number of aliphatic hydroxyl groups excluding tert-OH is 3. The summed E-state index contributed by atoms with van der Waals surface area (Å²) in [6.07, 6.45) is -6.03. The van der Waals surface area contributed by atoms with Crippen molar-refractivity contribution in [3.05, 3.63) is 64.7 Å². The van der Waals surface area contributed by atoms with Crippen molar-refractivity contribution in [2.45, 2.75) is 63.9 Å². The lowest BCUT2D eigenvalue weighted by molar-refractivity contribution is -0.307. The molecule has 3 aliphatic rings. The summed E-state index contributed by atoms with van der Waals surface area (Å²) < 4.78 is 28.8. The molecule has 2 fully saturated rings. The number of nitrogens with two attached hydrogens (primary N) is 1. The van der Waals surface area contributed by atoms with E-state index in [4.69, 9.17) is 5.73 Å².